The summed E-state index contributed by atoms with van der Waals surface area (Å²) in [5.74, 6) is -0.0452. The van der Waals surface area contributed by atoms with Crippen molar-refractivity contribution in [2.75, 3.05) is 0 Å². The molecule has 1 unspecified atom stereocenters. The van der Waals surface area contributed by atoms with Crippen LogP contribution in [0.3, 0.4) is 0 Å². The number of aromatic nitrogens is 1. The second-order valence-electron chi connectivity index (χ2n) is 5.82. The summed E-state index contributed by atoms with van der Waals surface area (Å²) in [6.07, 6.45) is 3.80. The Balaban J connectivity index is 1.81. The number of pyridine rings is 1. The Hall–Kier alpha value is -2.55. The fraction of sp³-hybridized carbons (Fsp3) is 0.211. The highest BCUT2D eigenvalue weighted by Gasteiger charge is 2.14. The van der Waals surface area contributed by atoms with Gasteiger partial charge in [-0.3, -0.25) is 4.79 Å². The van der Waals surface area contributed by atoms with Crippen molar-refractivity contribution >= 4 is 11.4 Å². The van der Waals surface area contributed by atoms with Crippen molar-refractivity contribution in [2.24, 2.45) is 0 Å². The first-order valence-corrected chi connectivity index (χ1v) is 7.49. The number of aryl methyl sites for hydroxylation is 2. The van der Waals surface area contributed by atoms with Gasteiger partial charge in [0.15, 0.2) is 0 Å². The van der Waals surface area contributed by atoms with Crippen molar-refractivity contribution < 1.29 is 4.79 Å². The Morgan fingerprint density at radius 3 is 2.68 bits per heavy atom. The molecule has 1 N–H and O–H groups in total. The van der Waals surface area contributed by atoms with Crippen molar-refractivity contribution in [1.82, 2.24) is 9.72 Å². The summed E-state index contributed by atoms with van der Waals surface area (Å²) in [7, 11) is 0. The minimum atomic E-state index is -0.0452. The van der Waals surface area contributed by atoms with Gasteiger partial charge in [0, 0.05) is 17.9 Å². The van der Waals surface area contributed by atoms with Gasteiger partial charge in [0.25, 0.3) is 5.91 Å². The lowest BCUT2D eigenvalue weighted by Crippen LogP contribution is -2.26. The highest BCUT2D eigenvalue weighted by Crippen LogP contribution is 2.19. The molecule has 112 valence electrons. The molecule has 2 heterocycles. The normalized spacial score (nSPS) is 12.3. The maximum absolute atomic E-state index is 12.5. The Morgan fingerprint density at radius 2 is 1.95 bits per heavy atom. The molecule has 0 saturated carbocycles. The summed E-state index contributed by atoms with van der Waals surface area (Å²) in [5.41, 5.74) is 5.30. The van der Waals surface area contributed by atoms with E-state index in [2.05, 4.69) is 37.4 Å². The number of amides is 1. The van der Waals surface area contributed by atoms with Crippen LogP contribution in [0.4, 0.5) is 0 Å². The predicted molar refractivity (Wildman–Crippen MR) is 89.2 cm³/mol. The second-order valence-corrected chi connectivity index (χ2v) is 5.82. The number of nitrogens with zero attached hydrogens (tertiary/aromatic N) is 1. The zero-order chi connectivity index (χ0) is 15.7. The quantitative estimate of drug-likeness (QED) is 0.776. The minimum Gasteiger partial charge on any atom is -0.345 e. The van der Waals surface area contributed by atoms with Crippen LogP contribution >= 0.6 is 0 Å². The van der Waals surface area contributed by atoms with E-state index in [0.29, 0.717) is 5.56 Å². The average molecular weight is 292 g/mol. The van der Waals surface area contributed by atoms with Crippen LogP contribution in [-0.4, -0.2) is 10.3 Å². The molecule has 0 radical (unpaired) electrons. The van der Waals surface area contributed by atoms with Gasteiger partial charge in [0.1, 0.15) is 0 Å². The lowest BCUT2D eigenvalue weighted by molar-refractivity contribution is 0.0940. The number of fused-ring (bicyclic) bond motifs is 1. The third-order valence-corrected chi connectivity index (χ3v) is 4.01. The number of nitrogens with one attached hydrogen (secondary N) is 1. The largest absolute Gasteiger partial charge is 0.345 e. The monoisotopic (exact) mass is 292 g/mol. The van der Waals surface area contributed by atoms with Gasteiger partial charge in [-0.05, 0) is 50.1 Å². The minimum absolute atomic E-state index is 0.0175. The van der Waals surface area contributed by atoms with Crippen LogP contribution in [-0.2, 0) is 0 Å². The maximum Gasteiger partial charge on any atom is 0.253 e. The van der Waals surface area contributed by atoms with Crippen LogP contribution in [0.2, 0.25) is 0 Å². The first kappa shape index (κ1) is 14.4. The first-order chi connectivity index (χ1) is 10.5. The number of hydrogen-bond donors (Lipinski definition) is 1. The zero-order valence-corrected chi connectivity index (χ0v) is 13.1. The Morgan fingerprint density at radius 1 is 1.14 bits per heavy atom. The van der Waals surface area contributed by atoms with Crippen LogP contribution in [0.1, 0.15) is 40.0 Å². The molecule has 3 aromatic rings. The van der Waals surface area contributed by atoms with Gasteiger partial charge in [-0.15, -0.1) is 0 Å². The van der Waals surface area contributed by atoms with E-state index >= 15 is 0 Å². The first-order valence-electron chi connectivity index (χ1n) is 7.49. The summed E-state index contributed by atoms with van der Waals surface area (Å²) in [5, 5.41) is 3.08. The van der Waals surface area contributed by atoms with Crippen molar-refractivity contribution in [3.05, 3.63) is 77.1 Å². The Kier molecular flexibility index (Phi) is 3.72. The van der Waals surface area contributed by atoms with Crippen LogP contribution in [0.25, 0.3) is 5.52 Å². The molecule has 2 aromatic heterocycles. The van der Waals surface area contributed by atoms with Crippen molar-refractivity contribution in [1.29, 1.82) is 0 Å². The summed E-state index contributed by atoms with van der Waals surface area (Å²) in [6, 6.07) is 14.1. The van der Waals surface area contributed by atoms with E-state index in [1.54, 1.807) is 0 Å². The van der Waals surface area contributed by atoms with Crippen LogP contribution < -0.4 is 5.32 Å². The molecule has 0 bridgehead atoms. The molecule has 1 amide bonds. The molecule has 0 spiro atoms. The molecule has 3 rings (SSSR count). The second kappa shape index (κ2) is 5.68. The van der Waals surface area contributed by atoms with Gasteiger partial charge in [0.05, 0.1) is 11.6 Å². The fourth-order valence-corrected chi connectivity index (χ4v) is 2.85. The third-order valence-electron chi connectivity index (χ3n) is 4.01. The van der Waals surface area contributed by atoms with E-state index in [0.717, 1.165) is 11.1 Å². The van der Waals surface area contributed by atoms with Gasteiger partial charge >= 0.3 is 0 Å². The van der Waals surface area contributed by atoms with Crippen LogP contribution in [0.15, 0.2) is 54.9 Å². The predicted octanol–water partition coefficient (Wildman–Crippen LogP) is 4.05. The van der Waals surface area contributed by atoms with Crippen molar-refractivity contribution in [3.63, 3.8) is 0 Å². The van der Waals surface area contributed by atoms with E-state index in [-0.39, 0.29) is 11.9 Å². The number of carbonyl (C=O) groups excluding carboxylic acids is 1. The number of hydrogen-bond acceptors (Lipinski definition) is 1. The Labute approximate surface area is 130 Å². The molecule has 22 heavy (non-hydrogen) atoms. The summed E-state index contributed by atoms with van der Waals surface area (Å²) in [6.45, 7) is 6.18. The van der Waals surface area contributed by atoms with Crippen molar-refractivity contribution in [3.8, 4) is 0 Å². The number of rotatable bonds is 3. The lowest BCUT2D eigenvalue weighted by atomic mass is 10.00. The zero-order valence-electron chi connectivity index (χ0n) is 13.1. The highest BCUT2D eigenvalue weighted by atomic mass is 16.1. The molecule has 1 aromatic carbocycles. The molecule has 0 aliphatic carbocycles. The molecule has 3 nitrogen and oxygen atoms in total. The Bertz CT molecular complexity index is 799. The highest BCUT2D eigenvalue weighted by molar-refractivity contribution is 5.95. The topological polar surface area (TPSA) is 33.5 Å². The summed E-state index contributed by atoms with van der Waals surface area (Å²) < 4.78 is 1.96. The fourth-order valence-electron chi connectivity index (χ4n) is 2.85. The smallest absolute Gasteiger partial charge is 0.253 e. The van der Waals surface area contributed by atoms with Crippen LogP contribution in [0.5, 0.6) is 0 Å². The molecule has 0 saturated heterocycles. The molecule has 3 heteroatoms. The summed E-state index contributed by atoms with van der Waals surface area (Å²) >= 11 is 0. The van der Waals surface area contributed by atoms with Gasteiger partial charge in [-0.25, -0.2) is 0 Å². The van der Waals surface area contributed by atoms with E-state index in [1.165, 1.54) is 11.1 Å². The van der Waals surface area contributed by atoms with Gasteiger partial charge in [-0.2, -0.15) is 0 Å². The molecule has 1 atom stereocenters. The maximum atomic E-state index is 12.5. The van der Waals surface area contributed by atoms with E-state index in [4.69, 9.17) is 0 Å². The van der Waals surface area contributed by atoms with Crippen LogP contribution in [0, 0.1) is 13.8 Å². The lowest BCUT2D eigenvalue weighted by Gasteiger charge is -2.16. The standard InChI is InChI=1S/C19H20N2O/c1-13-7-8-18(14(2)10-13)15(3)20-19(22)16-11-17-6-4-5-9-21(17)12-16/h4-12,15H,1-3H3,(H,20,22). The van der Waals surface area contributed by atoms with Gasteiger partial charge in [0.2, 0.25) is 0 Å². The molecular formula is C19H20N2O. The SMILES string of the molecule is Cc1ccc(C(C)NC(=O)c2cc3ccccn3c2)c(C)c1. The average Bonchev–Trinajstić information content (AvgIpc) is 2.91. The third kappa shape index (κ3) is 2.75. The number of carbonyl (C=O) groups is 1. The van der Waals surface area contributed by atoms with E-state index in [1.807, 2.05) is 48.0 Å². The molecular weight excluding hydrogens is 272 g/mol. The van der Waals surface area contributed by atoms with Gasteiger partial charge < -0.3 is 9.72 Å². The molecule has 0 aliphatic rings. The molecule has 0 fully saturated rings. The van der Waals surface area contributed by atoms with Gasteiger partial charge in [-0.1, -0.05) is 29.8 Å². The van der Waals surface area contributed by atoms with E-state index < -0.39 is 0 Å². The summed E-state index contributed by atoms with van der Waals surface area (Å²) in [4.78, 5) is 12.5. The molecule has 0 aliphatic heterocycles. The number of benzene rings is 1. The van der Waals surface area contributed by atoms with E-state index in [9.17, 15) is 4.79 Å². The van der Waals surface area contributed by atoms with Crippen molar-refractivity contribution in [2.45, 2.75) is 26.8 Å².